The molecule has 0 aliphatic rings. The monoisotopic (exact) mass is 1370 g/mol. The number of fused-ring (bicyclic) bond motifs is 15. The van der Waals surface area contributed by atoms with E-state index in [1.165, 1.54) is 65.3 Å². The van der Waals surface area contributed by atoms with Gasteiger partial charge in [0.2, 0.25) is 5.95 Å². The molecule has 0 N–H and O–H groups in total. The fourth-order valence-electron chi connectivity index (χ4n) is 16.1. The van der Waals surface area contributed by atoms with Crippen LogP contribution in [0, 0.1) is 0 Å². The van der Waals surface area contributed by atoms with Gasteiger partial charge in [0.15, 0.2) is 17.5 Å². The minimum absolute atomic E-state index is 0.605. The molecule has 0 radical (unpaired) electrons. The second kappa shape index (κ2) is 25.1. The molecule has 14 aromatic carbocycles. The van der Waals surface area contributed by atoms with Gasteiger partial charge in [-0.15, -0.1) is 0 Å². The lowest BCUT2D eigenvalue weighted by Crippen LogP contribution is -2.07. The second-order valence-electron chi connectivity index (χ2n) is 27.0. The molecular weight excluding hydrogens is 1310 g/mol. The summed E-state index contributed by atoms with van der Waals surface area (Å²) in [6.45, 7) is 0. The highest BCUT2D eigenvalue weighted by atomic mass is 15.2. The summed E-state index contributed by atoms with van der Waals surface area (Å²) in [5, 5.41) is 12.0. The lowest BCUT2D eigenvalue weighted by molar-refractivity contribution is 0.951. The van der Waals surface area contributed by atoms with Crippen molar-refractivity contribution < 1.29 is 0 Å². The van der Waals surface area contributed by atoms with Gasteiger partial charge in [0.05, 0.1) is 60.9 Å². The fraction of sp³-hybridized carbons (Fsp3) is 0. The standard InChI is InChI=1S/C51H33N5.C45H28N6/c1-4-14-34(15-5-1)49-52-50(35-16-6-2-7-17-35)54-51(53-49)36-24-28-40(29-25-36)56-46-23-13-11-21-42(46)44-33-38(27-31-48(44)56)37-26-30-47-43(32-37)41-20-10-12-22-45(41)55(47)39-18-8-3-9-19-39;1-7-19-37-30(13-1)31-14-2-8-20-38(31)49(37)43-26-25-29(28-46-43)36-27-44(50-39-21-9-3-15-32(39)33-16-4-10-22-40(33)50)48-45(47-36)51-41-23-11-5-17-34(41)35-18-6-12-24-42(35)51/h1-33H;1-28H. The first-order valence-corrected chi connectivity index (χ1v) is 36.0. The maximum atomic E-state index is 5.36. The highest BCUT2D eigenvalue weighted by Gasteiger charge is 2.23. The van der Waals surface area contributed by atoms with Crippen molar-refractivity contribution >= 4 is 109 Å². The van der Waals surface area contributed by atoms with Crippen molar-refractivity contribution in [1.29, 1.82) is 0 Å². The Kier molecular flexibility index (Phi) is 14.3. The number of para-hydroxylation sites is 9. The molecular formula is C96H61N11. The molecule has 11 heteroatoms. The molecule has 11 nitrogen and oxygen atoms in total. The Hall–Kier alpha value is -14.7. The summed E-state index contributed by atoms with van der Waals surface area (Å²) in [4.78, 5) is 30.5. The molecule has 0 saturated carbocycles. The SMILES string of the molecule is c1ccc(-c2nc(-c3ccccc3)nc(-c3ccc(-n4c5ccccc5c5cc(-c6ccc7c(c6)c6ccccc6n7-c6ccccc6)ccc54)cc3)n2)cc1.c1ccc2c(c1)c1ccccc1n2-c1ccc(-c2cc(-n3c4ccccc4c4ccccc43)nc(-n3c4ccccc4c4ccccc43)n2)cn1. The molecule has 22 rings (SSSR count). The summed E-state index contributed by atoms with van der Waals surface area (Å²) in [5.74, 6) is 4.19. The maximum absolute atomic E-state index is 5.36. The Morgan fingerprint density at radius 2 is 0.477 bits per heavy atom. The van der Waals surface area contributed by atoms with Crippen molar-refractivity contribution in [3.63, 3.8) is 0 Å². The number of pyridine rings is 1. The van der Waals surface area contributed by atoms with E-state index in [1.807, 2.05) is 66.9 Å². The average Bonchev–Trinajstić information content (AvgIpc) is 1.60. The van der Waals surface area contributed by atoms with Crippen LogP contribution < -0.4 is 0 Å². The number of hydrogen-bond acceptors (Lipinski definition) is 6. The summed E-state index contributed by atoms with van der Waals surface area (Å²) in [6, 6.07) is 128. The van der Waals surface area contributed by atoms with Crippen molar-refractivity contribution in [2.75, 3.05) is 0 Å². The second-order valence-corrected chi connectivity index (χ2v) is 27.0. The van der Waals surface area contributed by atoms with Gasteiger partial charge >= 0.3 is 0 Å². The molecule has 0 atom stereocenters. The molecule has 0 saturated heterocycles. The first kappa shape index (κ1) is 61.0. The van der Waals surface area contributed by atoms with Crippen molar-refractivity contribution in [3.8, 4) is 85.5 Å². The van der Waals surface area contributed by atoms with Crippen molar-refractivity contribution in [3.05, 3.63) is 370 Å². The largest absolute Gasteiger partial charge is 0.309 e. The van der Waals surface area contributed by atoms with Gasteiger partial charge in [-0.25, -0.2) is 24.9 Å². The van der Waals surface area contributed by atoms with Crippen LogP contribution in [0.4, 0.5) is 0 Å². The van der Waals surface area contributed by atoms with Crippen LogP contribution in [0.15, 0.2) is 370 Å². The summed E-state index contributed by atoms with van der Waals surface area (Å²) in [5.41, 5.74) is 20.4. The third-order valence-corrected chi connectivity index (χ3v) is 20.9. The quantitative estimate of drug-likeness (QED) is 0.135. The molecule has 8 aromatic heterocycles. The number of nitrogens with zero attached hydrogens (tertiary/aromatic N) is 11. The van der Waals surface area contributed by atoms with Gasteiger partial charge in [-0.1, -0.05) is 237 Å². The lowest BCUT2D eigenvalue weighted by Gasteiger charge is -2.14. The van der Waals surface area contributed by atoms with Gasteiger partial charge in [-0.2, -0.15) is 4.98 Å². The van der Waals surface area contributed by atoms with Crippen LogP contribution >= 0.6 is 0 Å². The third kappa shape index (κ3) is 10.2. The van der Waals surface area contributed by atoms with Gasteiger partial charge in [0.1, 0.15) is 11.6 Å². The first-order chi connectivity index (χ1) is 53.1. The molecule has 0 amide bonds. The van der Waals surface area contributed by atoms with E-state index in [1.54, 1.807) is 0 Å². The van der Waals surface area contributed by atoms with Crippen molar-refractivity contribution in [2.24, 2.45) is 0 Å². The maximum Gasteiger partial charge on any atom is 0.237 e. The Bertz CT molecular complexity index is 6880. The van der Waals surface area contributed by atoms with E-state index in [-0.39, 0.29) is 0 Å². The molecule has 0 aliphatic heterocycles. The summed E-state index contributed by atoms with van der Waals surface area (Å²) >= 11 is 0. The van der Waals surface area contributed by atoms with E-state index in [0.717, 1.165) is 106 Å². The Labute approximate surface area is 613 Å². The lowest BCUT2D eigenvalue weighted by atomic mass is 10.0. The molecule has 0 spiro atoms. The fourth-order valence-corrected chi connectivity index (χ4v) is 16.1. The van der Waals surface area contributed by atoms with Gasteiger partial charge in [-0.3, -0.25) is 13.7 Å². The normalized spacial score (nSPS) is 11.7. The minimum Gasteiger partial charge on any atom is -0.309 e. The first-order valence-electron chi connectivity index (χ1n) is 36.0. The summed E-state index contributed by atoms with van der Waals surface area (Å²) in [6.07, 6.45) is 1.94. The molecule has 0 unspecified atom stereocenters. The van der Waals surface area contributed by atoms with Gasteiger partial charge in [0, 0.05) is 99.8 Å². The molecule has 22 aromatic rings. The number of aromatic nitrogens is 11. The Balaban J connectivity index is 0.000000138. The zero-order chi connectivity index (χ0) is 70.5. The van der Waals surface area contributed by atoms with E-state index in [4.69, 9.17) is 29.9 Å². The average molecular weight is 1370 g/mol. The van der Waals surface area contributed by atoms with Gasteiger partial charge < -0.3 is 9.13 Å². The number of rotatable bonds is 10. The highest BCUT2D eigenvalue weighted by Crippen LogP contribution is 2.41. The van der Waals surface area contributed by atoms with Crippen LogP contribution in [0.25, 0.3) is 195 Å². The van der Waals surface area contributed by atoms with E-state index in [2.05, 4.69) is 326 Å². The van der Waals surface area contributed by atoms with Crippen LogP contribution in [0.1, 0.15) is 0 Å². The molecule has 0 bridgehead atoms. The topological polar surface area (TPSA) is 102 Å². The smallest absolute Gasteiger partial charge is 0.237 e. The van der Waals surface area contributed by atoms with E-state index < -0.39 is 0 Å². The number of benzene rings is 14. The molecule has 0 fully saturated rings. The minimum atomic E-state index is 0.605. The van der Waals surface area contributed by atoms with Crippen LogP contribution in [0.3, 0.4) is 0 Å². The van der Waals surface area contributed by atoms with Gasteiger partial charge in [-0.05, 0) is 132 Å². The van der Waals surface area contributed by atoms with Crippen molar-refractivity contribution in [2.45, 2.75) is 0 Å². The summed E-state index contributed by atoms with van der Waals surface area (Å²) in [7, 11) is 0. The Morgan fingerprint density at radius 1 is 0.178 bits per heavy atom. The highest BCUT2D eigenvalue weighted by molar-refractivity contribution is 6.14. The van der Waals surface area contributed by atoms with E-state index in [0.29, 0.717) is 23.4 Å². The Morgan fingerprint density at radius 3 is 0.869 bits per heavy atom. The van der Waals surface area contributed by atoms with E-state index in [9.17, 15) is 0 Å². The predicted molar refractivity (Wildman–Crippen MR) is 439 cm³/mol. The van der Waals surface area contributed by atoms with E-state index >= 15 is 0 Å². The zero-order valence-electron chi connectivity index (χ0n) is 57.6. The van der Waals surface area contributed by atoms with Crippen LogP contribution in [-0.4, -0.2) is 52.7 Å². The zero-order valence-corrected chi connectivity index (χ0v) is 57.6. The van der Waals surface area contributed by atoms with Gasteiger partial charge in [0.25, 0.3) is 0 Å². The van der Waals surface area contributed by atoms with Crippen LogP contribution in [0.5, 0.6) is 0 Å². The molecule has 500 valence electrons. The predicted octanol–water partition coefficient (Wildman–Crippen LogP) is 23.6. The summed E-state index contributed by atoms with van der Waals surface area (Å²) < 4.78 is 11.4. The van der Waals surface area contributed by atoms with Crippen LogP contribution in [-0.2, 0) is 0 Å². The molecule has 8 heterocycles. The molecule has 0 aliphatic carbocycles. The van der Waals surface area contributed by atoms with Crippen LogP contribution in [0.2, 0.25) is 0 Å². The number of hydrogen-bond donors (Lipinski definition) is 0. The third-order valence-electron chi connectivity index (χ3n) is 20.9. The molecule has 107 heavy (non-hydrogen) atoms. The van der Waals surface area contributed by atoms with Crippen molar-refractivity contribution in [1.82, 2.24) is 52.7 Å².